The molecule has 2 aromatic carbocycles. The molecule has 0 radical (unpaired) electrons. The van der Waals surface area contributed by atoms with E-state index in [4.69, 9.17) is 4.98 Å². The molecular formula is C19H14Br2N2O2. The third-order valence-electron chi connectivity index (χ3n) is 4.33. The molecule has 4 rings (SSSR count). The van der Waals surface area contributed by atoms with Crippen LogP contribution in [0.1, 0.15) is 24.2 Å². The summed E-state index contributed by atoms with van der Waals surface area (Å²) in [6.45, 7) is 0.675. The number of nitrogens with zero attached hydrogens (tertiary/aromatic N) is 2. The zero-order valence-electron chi connectivity index (χ0n) is 13.2. The van der Waals surface area contributed by atoms with Crippen LogP contribution in [0.2, 0.25) is 0 Å². The topological polar surface area (TPSA) is 55.1 Å². The number of hydrogen-bond donors (Lipinski definition) is 1. The summed E-state index contributed by atoms with van der Waals surface area (Å²) in [5.74, 6) is 0.959. The van der Waals surface area contributed by atoms with Gasteiger partial charge in [-0.2, -0.15) is 0 Å². The molecule has 0 saturated heterocycles. The summed E-state index contributed by atoms with van der Waals surface area (Å²) in [6, 6.07) is 10.7. The number of phenolic OH excluding ortho intramolecular Hbond substituents is 1. The fourth-order valence-electron chi connectivity index (χ4n) is 3.15. The van der Waals surface area contributed by atoms with Crippen LogP contribution >= 0.6 is 31.9 Å². The highest BCUT2D eigenvalue weighted by atomic mass is 79.9. The van der Waals surface area contributed by atoms with E-state index in [0.717, 1.165) is 38.7 Å². The minimum absolute atomic E-state index is 0.0155. The van der Waals surface area contributed by atoms with Gasteiger partial charge in [0.1, 0.15) is 11.6 Å². The molecule has 126 valence electrons. The Morgan fingerprint density at radius 2 is 1.92 bits per heavy atom. The molecular weight excluding hydrogens is 448 g/mol. The van der Waals surface area contributed by atoms with Gasteiger partial charge >= 0.3 is 0 Å². The second kappa shape index (κ2) is 6.42. The lowest BCUT2D eigenvalue weighted by Gasteiger charge is -2.21. The number of allylic oxidation sites excluding steroid dienone is 1. The largest absolute Gasteiger partial charge is 0.508 e. The van der Waals surface area contributed by atoms with Crippen LogP contribution < -0.4 is 5.56 Å². The second-order valence-corrected chi connectivity index (χ2v) is 7.81. The first-order chi connectivity index (χ1) is 12.0. The summed E-state index contributed by atoms with van der Waals surface area (Å²) in [5.41, 5.74) is 2.67. The van der Waals surface area contributed by atoms with Crippen molar-refractivity contribution in [2.45, 2.75) is 19.4 Å². The van der Waals surface area contributed by atoms with Crippen LogP contribution in [0.5, 0.6) is 5.75 Å². The van der Waals surface area contributed by atoms with Crippen LogP contribution in [0, 0.1) is 0 Å². The van der Waals surface area contributed by atoms with E-state index in [1.807, 2.05) is 30.3 Å². The smallest absolute Gasteiger partial charge is 0.261 e. The number of hydrogen-bond acceptors (Lipinski definition) is 3. The molecule has 0 spiro atoms. The molecule has 25 heavy (non-hydrogen) atoms. The number of rotatable bonds is 1. The Balaban J connectivity index is 1.95. The zero-order chi connectivity index (χ0) is 17.6. The minimum atomic E-state index is -0.0155. The summed E-state index contributed by atoms with van der Waals surface area (Å²) >= 11 is 6.95. The third-order valence-corrected chi connectivity index (χ3v) is 5.39. The average Bonchev–Trinajstić information content (AvgIpc) is 2.59. The van der Waals surface area contributed by atoms with Gasteiger partial charge in [0.2, 0.25) is 0 Å². The highest BCUT2D eigenvalue weighted by Gasteiger charge is 2.20. The summed E-state index contributed by atoms with van der Waals surface area (Å²) < 4.78 is 3.41. The molecule has 6 heteroatoms. The van der Waals surface area contributed by atoms with Crippen molar-refractivity contribution in [1.29, 1.82) is 0 Å². The first kappa shape index (κ1) is 16.5. The fraction of sp³-hybridized carbons (Fsp3) is 0.158. The van der Waals surface area contributed by atoms with E-state index in [2.05, 4.69) is 31.9 Å². The molecule has 0 amide bonds. The van der Waals surface area contributed by atoms with Gasteiger partial charge in [0, 0.05) is 15.5 Å². The van der Waals surface area contributed by atoms with Crippen molar-refractivity contribution in [3.63, 3.8) is 0 Å². The van der Waals surface area contributed by atoms with E-state index in [-0.39, 0.29) is 11.3 Å². The van der Waals surface area contributed by atoms with Crippen LogP contribution in [-0.4, -0.2) is 14.7 Å². The lowest BCUT2D eigenvalue weighted by Crippen LogP contribution is -2.28. The first-order valence-electron chi connectivity index (χ1n) is 7.92. The molecule has 1 N–H and O–H groups in total. The van der Waals surface area contributed by atoms with E-state index >= 15 is 0 Å². The number of phenols is 1. The number of aromatic hydroxyl groups is 1. The lowest BCUT2D eigenvalue weighted by molar-refractivity contribution is 0.475. The van der Waals surface area contributed by atoms with Crippen LogP contribution in [0.15, 0.2) is 50.1 Å². The van der Waals surface area contributed by atoms with Crippen molar-refractivity contribution in [1.82, 2.24) is 9.55 Å². The summed E-state index contributed by atoms with van der Waals surface area (Å²) in [6.07, 6.45) is 3.81. The second-order valence-electron chi connectivity index (χ2n) is 6.04. The SMILES string of the molecule is O=c1c2cc(Br)cc(Br)c2nc2n1CCC/C2=C\c1ccc(O)cc1. The Labute approximate surface area is 161 Å². The van der Waals surface area contributed by atoms with Crippen molar-refractivity contribution in [3.05, 3.63) is 67.1 Å². The lowest BCUT2D eigenvalue weighted by atomic mass is 10.0. The number of fused-ring (bicyclic) bond motifs is 2. The van der Waals surface area contributed by atoms with Gasteiger partial charge in [0.15, 0.2) is 0 Å². The Morgan fingerprint density at radius 1 is 1.16 bits per heavy atom. The average molecular weight is 462 g/mol. The molecule has 0 aliphatic carbocycles. The molecule has 0 bridgehead atoms. The highest BCUT2D eigenvalue weighted by molar-refractivity contribution is 9.11. The molecule has 3 aromatic rings. The maximum absolute atomic E-state index is 12.9. The van der Waals surface area contributed by atoms with Gasteiger partial charge in [-0.1, -0.05) is 28.1 Å². The summed E-state index contributed by atoms with van der Waals surface area (Å²) in [4.78, 5) is 17.7. The van der Waals surface area contributed by atoms with Crippen molar-refractivity contribution in [3.8, 4) is 5.75 Å². The molecule has 0 unspecified atom stereocenters. The highest BCUT2D eigenvalue weighted by Crippen LogP contribution is 2.30. The normalized spacial score (nSPS) is 15.5. The number of benzene rings is 2. The van der Waals surface area contributed by atoms with Crippen molar-refractivity contribution < 1.29 is 5.11 Å². The summed E-state index contributed by atoms with van der Waals surface area (Å²) in [5, 5.41) is 10.0. The van der Waals surface area contributed by atoms with Gasteiger partial charge in [-0.3, -0.25) is 9.36 Å². The molecule has 4 nitrogen and oxygen atoms in total. The molecule has 1 aromatic heterocycles. The quantitative estimate of drug-likeness (QED) is 0.557. The Morgan fingerprint density at radius 3 is 2.68 bits per heavy atom. The number of aromatic nitrogens is 2. The maximum atomic E-state index is 12.9. The Kier molecular flexibility index (Phi) is 4.25. The van der Waals surface area contributed by atoms with Gasteiger partial charge in [-0.15, -0.1) is 0 Å². The van der Waals surface area contributed by atoms with Gasteiger partial charge in [0.05, 0.1) is 10.9 Å². The summed E-state index contributed by atoms with van der Waals surface area (Å²) in [7, 11) is 0. The fourth-order valence-corrected chi connectivity index (χ4v) is 4.46. The van der Waals surface area contributed by atoms with Crippen LogP contribution in [-0.2, 0) is 6.54 Å². The molecule has 1 aliphatic rings. The predicted molar refractivity (Wildman–Crippen MR) is 107 cm³/mol. The van der Waals surface area contributed by atoms with Crippen LogP contribution in [0.4, 0.5) is 0 Å². The number of halogens is 2. The van der Waals surface area contributed by atoms with E-state index in [1.165, 1.54) is 0 Å². The van der Waals surface area contributed by atoms with E-state index in [0.29, 0.717) is 17.4 Å². The van der Waals surface area contributed by atoms with E-state index < -0.39 is 0 Å². The van der Waals surface area contributed by atoms with Crippen molar-refractivity contribution in [2.24, 2.45) is 0 Å². The molecule has 0 fully saturated rings. The Bertz CT molecular complexity index is 1070. The maximum Gasteiger partial charge on any atom is 0.261 e. The van der Waals surface area contributed by atoms with Crippen LogP contribution in [0.3, 0.4) is 0 Å². The van der Waals surface area contributed by atoms with E-state index in [9.17, 15) is 9.90 Å². The van der Waals surface area contributed by atoms with Crippen molar-refractivity contribution in [2.75, 3.05) is 0 Å². The Hall–Kier alpha value is -1.92. The predicted octanol–water partition coefficient (Wildman–Crippen LogP) is 4.96. The molecule has 0 saturated carbocycles. The molecule has 2 heterocycles. The standard InChI is InChI=1S/C19H14Br2N2O2/c20-13-9-15-17(16(21)10-13)22-18-12(2-1-7-23(18)19(15)25)8-11-3-5-14(24)6-4-11/h3-6,8-10,24H,1-2,7H2/b12-8+. The zero-order valence-corrected chi connectivity index (χ0v) is 16.3. The van der Waals surface area contributed by atoms with Gasteiger partial charge in [-0.05, 0) is 70.2 Å². The van der Waals surface area contributed by atoms with E-state index in [1.54, 1.807) is 16.7 Å². The van der Waals surface area contributed by atoms with Gasteiger partial charge in [0.25, 0.3) is 5.56 Å². The van der Waals surface area contributed by atoms with Gasteiger partial charge in [-0.25, -0.2) is 4.98 Å². The minimum Gasteiger partial charge on any atom is -0.508 e. The monoisotopic (exact) mass is 460 g/mol. The first-order valence-corrected chi connectivity index (χ1v) is 9.51. The van der Waals surface area contributed by atoms with Crippen LogP contribution in [0.25, 0.3) is 22.6 Å². The van der Waals surface area contributed by atoms with Gasteiger partial charge < -0.3 is 5.11 Å². The molecule has 0 atom stereocenters. The molecule has 1 aliphatic heterocycles. The van der Waals surface area contributed by atoms with Crippen molar-refractivity contribution >= 4 is 54.4 Å². The third kappa shape index (κ3) is 3.04.